The highest BCUT2D eigenvalue weighted by molar-refractivity contribution is 4.91. The lowest BCUT2D eigenvalue weighted by Gasteiger charge is -2.37. The smallest absolute Gasteiger partial charge is 0.0637 e. The van der Waals surface area contributed by atoms with E-state index in [-0.39, 0.29) is 0 Å². The molecule has 0 spiro atoms. The van der Waals surface area contributed by atoms with Gasteiger partial charge in [0.05, 0.1) is 6.61 Å². The molecule has 4 unspecified atom stereocenters. The Kier molecular flexibility index (Phi) is 3.65. The molecule has 4 atom stereocenters. The molecule has 1 N–H and O–H groups in total. The Morgan fingerprint density at radius 3 is 2.47 bits per heavy atom. The molecule has 2 heterocycles. The van der Waals surface area contributed by atoms with Crippen LogP contribution in [0.1, 0.15) is 20.3 Å². The van der Waals surface area contributed by atoms with Crippen molar-refractivity contribution in [3.63, 3.8) is 0 Å². The predicted octanol–water partition coefficient (Wildman–Crippen LogP) is 0.951. The van der Waals surface area contributed by atoms with Gasteiger partial charge in [-0.3, -0.25) is 4.90 Å². The van der Waals surface area contributed by atoms with E-state index in [0.29, 0.717) is 12.1 Å². The normalized spacial score (nSPS) is 43.4. The summed E-state index contributed by atoms with van der Waals surface area (Å²) in [5, 5.41) is 3.44. The van der Waals surface area contributed by atoms with Crippen LogP contribution in [-0.2, 0) is 4.74 Å². The Bertz CT molecular complexity index is 200. The molecule has 2 fully saturated rings. The number of hydrogen-bond donors (Lipinski definition) is 1. The maximum Gasteiger partial charge on any atom is 0.0637 e. The third-order valence-electron chi connectivity index (χ3n) is 4.18. The quantitative estimate of drug-likeness (QED) is 0.737. The van der Waals surface area contributed by atoms with Crippen LogP contribution in [-0.4, -0.2) is 50.3 Å². The fourth-order valence-electron chi connectivity index (χ4n) is 2.86. The molecule has 0 radical (unpaired) electrons. The molecule has 2 aliphatic heterocycles. The van der Waals surface area contributed by atoms with E-state index < -0.39 is 0 Å². The van der Waals surface area contributed by atoms with Crippen molar-refractivity contribution < 1.29 is 4.74 Å². The first kappa shape index (κ1) is 11.4. The molecule has 2 rings (SSSR count). The summed E-state index contributed by atoms with van der Waals surface area (Å²) in [6.45, 7) is 9.04. The fourth-order valence-corrected chi connectivity index (χ4v) is 2.86. The van der Waals surface area contributed by atoms with Gasteiger partial charge in [-0.25, -0.2) is 0 Å². The molecule has 88 valence electrons. The number of likely N-dealkylation sites (tertiary alicyclic amines) is 1. The molecular formula is C12H24N2O. The highest BCUT2D eigenvalue weighted by atomic mass is 16.5. The Hall–Kier alpha value is -0.120. The van der Waals surface area contributed by atoms with Gasteiger partial charge in [0.1, 0.15) is 0 Å². The van der Waals surface area contributed by atoms with Crippen LogP contribution in [0.4, 0.5) is 0 Å². The van der Waals surface area contributed by atoms with Gasteiger partial charge in [0.15, 0.2) is 0 Å². The molecule has 0 amide bonds. The van der Waals surface area contributed by atoms with Crippen LogP contribution >= 0.6 is 0 Å². The minimum atomic E-state index is 0.594. The SMILES string of the molecule is CNC1CCOCC1N1CC(C)C(C)C1. The second kappa shape index (κ2) is 4.81. The van der Waals surface area contributed by atoms with Gasteiger partial charge in [-0.15, -0.1) is 0 Å². The summed E-state index contributed by atoms with van der Waals surface area (Å²) in [6.07, 6.45) is 1.15. The first-order valence-corrected chi connectivity index (χ1v) is 6.21. The second-order valence-electron chi connectivity index (χ2n) is 5.23. The van der Waals surface area contributed by atoms with Gasteiger partial charge in [0.25, 0.3) is 0 Å². The molecular weight excluding hydrogens is 188 g/mol. The summed E-state index contributed by atoms with van der Waals surface area (Å²) in [5.74, 6) is 1.67. The van der Waals surface area contributed by atoms with Gasteiger partial charge in [-0.1, -0.05) is 13.8 Å². The van der Waals surface area contributed by atoms with E-state index in [0.717, 1.165) is 31.5 Å². The molecule has 2 aliphatic rings. The number of likely N-dealkylation sites (N-methyl/N-ethyl adjacent to an activating group) is 1. The molecule has 0 aliphatic carbocycles. The van der Waals surface area contributed by atoms with Crippen LogP contribution in [0.25, 0.3) is 0 Å². The standard InChI is InChI=1S/C12H24N2O/c1-9-6-14(7-10(9)2)12-8-15-5-4-11(12)13-3/h9-13H,4-8H2,1-3H3. The van der Waals surface area contributed by atoms with Crippen molar-refractivity contribution in [3.8, 4) is 0 Å². The Balaban J connectivity index is 1.96. The van der Waals surface area contributed by atoms with E-state index in [1.807, 2.05) is 0 Å². The van der Waals surface area contributed by atoms with Crippen molar-refractivity contribution in [2.24, 2.45) is 11.8 Å². The van der Waals surface area contributed by atoms with E-state index in [9.17, 15) is 0 Å². The van der Waals surface area contributed by atoms with Gasteiger partial charge >= 0.3 is 0 Å². The highest BCUT2D eigenvalue weighted by Gasteiger charge is 2.36. The van der Waals surface area contributed by atoms with E-state index in [4.69, 9.17) is 4.74 Å². The Morgan fingerprint density at radius 1 is 1.20 bits per heavy atom. The average Bonchev–Trinajstić information content (AvgIpc) is 2.59. The number of rotatable bonds is 2. The van der Waals surface area contributed by atoms with E-state index in [1.54, 1.807) is 0 Å². The van der Waals surface area contributed by atoms with Crippen molar-refractivity contribution in [1.82, 2.24) is 10.2 Å². The van der Waals surface area contributed by atoms with Crippen molar-refractivity contribution in [2.45, 2.75) is 32.4 Å². The average molecular weight is 212 g/mol. The van der Waals surface area contributed by atoms with E-state index in [1.165, 1.54) is 13.1 Å². The third-order valence-corrected chi connectivity index (χ3v) is 4.18. The molecule has 0 aromatic carbocycles. The van der Waals surface area contributed by atoms with Crippen molar-refractivity contribution in [2.75, 3.05) is 33.4 Å². The van der Waals surface area contributed by atoms with Gasteiger partial charge < -0.3 is 10.1 Å². The first-order chi connectivity index (χ1) is 7.22. The maximum atomic E-state index is 5.62. The van der Waals surface area contributed by atoms with Crippen molar-refractivity contribution in [1.29, 1.82) is 0 Å². The number of ether oxygens (including phenoxy) is 1. The molecule has 3 nitrogen and oxygen atoms in total. The molecule has 3 heteroatoms. The zero-order valence-electron chi connectivity index (χ0n) is 10.2. The summed E-state index contributed by atoms with van der Waals surface area (Å²) >= 11 is 0. The third kappa shape index (κ3) is 2.35. The molecule has 0 aromatic heterocycles. The van der Waals surface area contributed by atoms with Crippen LogP contribution in [0.15, 0.2) is 0 Å². The summed E-state index contributed by atoms with van der Waals surface area (Å²) < 4.78 is 5.62. The molecule has 0 bridgehead atoms. The van der Waals surface area contributed by atoms with Gasteiger partial charge in [0.2, 0.25) is 0 Å². The predicted molar refractivity (Wildman–Crippen MR) is 62.0 cm³/mol. The Morgan fingerprint density at radius 2 is 1.87 bits per heavy atom. The van der Waals surface area contributed by atoms with Crippen molar-refractivity contribution in [3.05, 3.63) is 0 Å². The molecule has 0 saturated carbocycles. The van der Waals surface area contributed by atoms with Gasteiger partial charge in [0, 0.05) is 31.8 Å². The van der Waals surface area contributed by atoms with Crippen LogP contribution in [0, 0.1) is 11.8 Å². The number of nitrogens with zero attached hydrogens (tertiary/aromatic N) is 1. The topological polar surface area (TPSA) is 24.5 Å². The zero-order valence-corrected chi connectivity index (χ0v) is 10.2. The van der Waals surface area contributed by atoms with Crippen molar-refractivity contribution >= 4 is 0 Å². The molecule has 15 heavy (non-hydrogen) atoms. The minimum Gasteiger partial charge on any atom is -0.380 e. The second-order valence-corrected chi connectivity index (χ2v) is 5.23. The highest BCUT2D eigenvalue weighted by Crippen LogP contribution is 2.26. The lowest BCUT2D eigenvalue weighted by atomic mass is 10.0. The summed E-state index contributed by atoms with van der Waals surface area (Å²) in [7, 11) is 2.08. The van der Waals surface area contributed by atoms with E-state index >= 15 is 0 Å². The number of hydrogen-bond acceptors (Lipinski definition) is 3. The molecule has 0 aromatic rings. The lowest BCUT2D eigenvalue weighted by molar-refractivity contribution is 0.00523. The van der Waals surface area contributed by atoms with E-state index in [2.05, 4.69) is 31.1 Å². The lowest BCUT2D eigenvalue weighted by Crippen LogP contribution is -2.53. The summed E-state index contributed by atoms with van der Waals surface area (Å²) in [4.78, 5) is 2.62. The zero-order chi connectivity index (χ0) is 10.8. The minimum absolute atomic E-state index is 0.594. The largest absolute Gasteiger partial charge is 0.380 e. The van der Waals surface area contributed by atoms with Crippen LogP contribution in [0.2, 0.25) is 0 Å². The number of nitrogens with one attached hydrogen (secondary N) is 1. The summed E-state index contributed by atoms with van der Waals surface area (Å²) in [5.41, 5.74) is 0. The van der Waals surface area contributed by atoms with Gasteiger partial charge in [-0.2, -0.15) is 0 Å². The summed E-state index contributed by atoms with van der Waals surface area (Å²) in [6, 6.07) is 1.22. The van der Waals surface area contributed by atoms with Crippen LogP contribution in [0.3, 0.4) is 0 Å². The van der Waals surface area contributed by atoms with Gasteiger partial charge in [-0.05, 0) is 25.3 Å². The first-order valence-electron chi connectivity index (χ1n) is 6.21. The molecule has 2 saturated heterocycles. The Labute approximate surface area is 93.2 Å². The fraction of sp³-hybridized carbons (Fsp3) is 1.00. The maximum absolute atomic E-state index is 5.62. The monoisotopic (exact) mass is 212 g/mol. The van der Waals surface area contributed by atoms with Crippen LogP contribution in [0.5, 0.6) is 0 Å². The van der Waals surface area contributed by atoms with Crippen LogP contribution < -0.4 is 5.32 Å².